The van der Waals surface area contributed by atoms with Crippen molar-refractivity contribution in [2.75, 3.05) is 31.6 Å². The number of nitrogens with zero attached hydrogens (tertiary/aromatic N) is 1. The molecule has 5 heteroatoms. The molecule has 3 N–H and O–H groups in total. The highest BCUT2D eigenvalue weighted by Crippen LogP contribution is 2.14. The summed E-state index contributed by atoms with van der Waals surface area (Å²) in [5.41, 5.74) is -0.665. The second-order valence-corrected chi connectivity index (χ2v) is 5.03. The zero-order valence-corrected chi connectivity index (χ0v) is 12.4. The molecule has 0 heterocycles. The van der Waals surface area contributed by atoms with Crippen molar-refractivity contribution in [2.45, 2.75) is 39.2 Å². The minimum Gasteiger partial charge on any atom is -0.388 e. The molecule has 0 spiro atoms. The van der Waals surface area contributed by atoms with Crippen LogP contribution in [0.4, 0.5) is 0 Å². The normalized spacial score (nSPS) is 12.6. The fourth-order valence-corrected chi connectivity index (χ4v) is 1.62. The molecular weight excluding hydrogens is 234 g/mol. The van der Waals surface area contributed by atoms with E-state index in [0.717, 1.165) is 37.6 Å². The van der Waals surface area contributed by atoms with Crippen LogP contribution in [0.15, 0.2) is 4.99 Å². The second-order valence-electron chi connectivity index (χ2n) is 4.05. The number of rotatable bonds is 8. The smallest absolute Gasteiger partial charge is 0.191 e. The zero-order valence-electron chi connectivity index (χ0n) is 11.5. The number of aliphatic imine (C=N–C) groups is 1. The predicted molar refractivity (Wildman–Crippen MR) is 77.9 cm³/mol. The average Bonchev–Trinajstić information content (AvgIpc) is 2.36. The molecule has 0 aliphatic heterocycles. The molecule has 0 saturated heterocycles. The molecule has 4 nitrogen and oxygen atoms in total. The van der Waals surface area contributed by atoms with E-state index < -0.39 is 5.60 Å². The monoisotopic (exact) mass is 261 g/mol. The molecule has 0 saturated carbocycles. The van der Waals surface area contributed by atoms with Crippen LogP contribution in [0.1, 0.15) is 33.6 Å². The number of nitrogens with one attached hydrogen (secondary N) is 2. The lowest BCUT2D eigenvalue weighted by Crippen LogP contribution is -2.40. The molecule has 0 aromatic rings. The molecule has 0 aliphatic carbocycles. The Bertz CT molecular complexity index is 218. The SMILES string of the molecule is CCNC(=NCC(O)(CC)CC)NCCSC. The highest BCUT2D eigenvalue weighted by atomic mass is 32.2. The minimum atomic E-state index is -0.665. The summed E-state index contributed by atoms with van der Waals surface area (Å²) >= 11 is 1.80. The topological polar surface area (TPSA) is 56.7 Å². The van der Waals surface area contributed by atoms with E-state index in [4.69, 9.17) is 0 Å². The summed E-state index contributed by atoms with van der Waals surface area (Å²) in [4.78, 5) is 4.43. The van der Waals surface area contributed by atoms with Gasteiger partial charge in [0.25, 0.3) is 0 Å². The van der Waals surface area contributed by atoms with Crippen LogP contribution in [0.2, 0.25) is 0 Å². The van der Waals surface area contributed by atoms with Crippen LogP contribution in [-0.2, 0) is 0 Å². The lowest BCUT2D eigenvalue weighted by Gasteiger charge is -2.23. The molecular formula is C12H27N3OS. The van der Waals surface area contributed by atoms with Crippen molar-refractivity contribution in [3.8, 4) is 0 Å². The van der Waals surface area contributed by atoms with Gasteiger partial charge in [-0.05, 0) is 26.0 Å². The summed E-state index contributed by atoms with van der Waals surface area (Å²) in [6.45, 7) is 8.21. The predicted octanol–water partition coefficient (Wildman–Crippen LogP) is 1.46. The Morgan fingerprint density at radius 2 is 1.88 bits per heavy atom. The van der Waals surface area contributed by atoms with Crippen LogP contribution >= 0.6 is 11.8 Å². The number of hydrogen-bond donors (Lipinski definition) is 3. The van der Waals surface area contributed by atoms with Crippen molar-refractivity contribution in [2.24, 2.45) is 4.99 Å². The second kappa shape index (κ2) is 9.59. The third-order valence-corrected chi connectivity index (χ3v) is 3.40. The van der Waals surface area contributed by atoms with Crippen molar-refractivity contribution < 1.29 is 5.11 Å². The summed E-state index contributed by atoms with van der Waals surface area (Å²) < 4.78 is 0. The van der Waals surface area contributed by atoms with Crippen LogP contribution in [0.3, 0.4) is 0 Å². The van der Waals surface area contributed by atoms with Crippen molar-refractivity contribution in [1.82, 2.24) is 10.6 Å². The minimum absolute atomic E-state index is 0.453. The Morgan fingerprint density at radius 1 is 1.24 bits per heavy atom. The Labute approximate surface area is 110 Å². The van der Waals surface area contributed by atoms with Crippen molar-refractivity contribution in [3.05, 3.63) is 0 Å². The van der Waals surface area contributed by atoms with Crippen molar-refractivity contribution >= 4 is 17.7 Å². The largest absolute Gasteiger partial charge is 0.388 e. The lowest BCUT2D eigenvalue weighted by molar-refractivity contribution is 0.0418. The number of hydrogen-bond acceptors (Lipinski definition) is 3. The molecule has 0 aliphatic rings. The van der Waals surface area contributed by atoms with Gasteiger partial charge < -0.3 is 15.7 Å². The van der Waals surface area contributed by atoms with Crippen LogP contribution < -0.4 is 10.6 Å². The Kier molecular flexibility index (Phi) is 9.36. The first-order valence-corrected chi connectivity index (χ1v) is 7.74. The van der Waals surface area contributed by atoms with Crippen molar-refractivity contribution in [1.29, 1.82) is 0 Å². The van der Waals surface area contributed by atoms with Crippen LogP contribution in [-0.4, -0.2) is 48.3 Å². The van der Waals surface area contributed by atoms with Gasteiger partial charge >= 0.3 is 0 Å². The molecule has 17 heavy (non-hydrogen) atoms. The van der Waals surface area contributed by atoms with Gasteiger partial charge in [-0.1, -0.05) is 13.8 Å². The lowest BCUT2D eigenvalue weighted by atomic mass is 9.98. The summed E-state index contributed by atoms with van der Waals surface area (Å²) in [5, 5.41) is 16.6. The van der Waals surface area contributed by atoms with E-state index in [1.165, 1.54) is 0 Å². The summed E-state index contributed by atoms with van der Waals surface area (Å²) in [6.07, 6.45) is 3.55. The molecule has 0 aromatic heterocycles. The third kappa shape index (κ3) is 7.49. The van der Waals surface area contributed by atoms with Crippen LogP contribution in [0.25, 0.3) is 0 Å². The Morgan fingerprint density at radius 3 is 2.35 bits per heavy atom. The maximum absolute atomic E-state index is 10.2. The molecule has 0 atom stereocenters. The van der Waals surface area contributed by atoms with Gasteiger partial charge in [-0.25, -0.2) is 0 Å². The number of aliphatic hydroxyl groups is 1. The highest BCUT2D eigenvalue weighted by Gasteiger charge is 2.21. The van der Waals surface area contributed by atoms with E-state index >= 15 is 0 Å². The number of guanidine groups is 1. The first kappa shape index (κ1) is 16.6. The van der Waals surface area contributed by atoms with E-state index in [-0.39, 0.29) is 0 Å². The van der Waals surface area contributed by atoms with E-state index in [1.54, 1.807) is 11.8 Å². The molecule has 0 bridgehead atoms. The van der Waals surface area contributed by atoms with E-state index in [2.05, 4.69) is 21.9 Å². The standard InChI is InChI=1S/C12H27N3OS/c1-5-12(16,6-2)10-15-11(13-7-3)14-8-9-17-4/h16H,5-10H2,1-4H3,(H2,13,14,15). The molecule has 0 aromatic carbocycles. The van der Waals surface area contributed by atoms with Gasteiger partial charge in [0.2, 0.25) is 0 Å². The fraction of sp³-hybridized carbons (Fsp3) is 0.917. The quantitative estimate of drug-likeness (QED) is 0.352. The number of thioether (sulfide) groups is 1. The Hall–Kier alpha value is -0.420. The van der Waals surface area contributed by atoms with Gasteiger partial charge in [0.1, 0.15) is 0 Å². The van der Waals surface area contributed by atoms with Crippen LogP contribution in [0.5, 0.6) is 0 Å². The van der Waals surface area contributed by atoms with E-state index in [0.29, 0.717) is 6.54 Å². The molecule has 0 amide bonds. The van der Waals surface area contributed by atoms with Crippen LogP contribution in [0, 0.1) is 0 Å². The summed E-state index contributed by atoms with van der Waals surface area (Å²) in [6, 6.07) is 0. The van der Waals surface area contributed by atoms with Gasteiger partial charge in [0.05, 0.1) is 12.1 Å². The van der Waals surface area contributed by atoms with Gasteiger partial charge in [-0.2, -0.15) is 11.8 Å². The summed E-state index contributed by atoms with van der Waals surface area (Å²) in [5.74, 6) is 1.85. The van der Waals surface area contributed by atoms with Crippen molar-refractivity contribution in [3.63, 3.8) is 0 Å². The molecule has 0 fully saturated rings. The maximum Gasteiger partial charge on any atom is 0.191 e. The van der Waals surface area contributed by atoms with Gasteiger partial charge in [-0.3, -0.25) is 4.99 Å². The fourth-order valence-electron chi connectivity index (χ4n) is 1.31. The van der Waals surface area contributed by atoms with E-state index in [9.17, 15) is 5.11 Å². The van der Waals surface area contributed by atoms with Gasteiger partial charge in [-0.15, -0.1) is 0 Å². The summed E-state index contributed by atoms with van der Waals surface area (Å²) in [7, 11) is 0. The van der Waals surface area contributed by atoms with E-state index in [1.807, 2.05) is 20.8 Å². The molecule has 0 unspecified atom stereocenters. The maximum atomic E-state index is 10.2. The Balaban J connectivity index is 4.26. The van der Waals surface area contributed by atoms with Gasteiger partial charge in [0, 0.05) is 18.8 Å². The van der Waals surface area contributed by atoms with Gasteiger partial charge in [0.15, 0.2) is 5.96 Å². The first-order chi connectivity index (χ1) is 8.11. The zero-order chi connectivity index (χ0) is 13.1. The molecule has 0 rings (SSSR count). The molecule has 0 radical (unpaired) electrons. The average molecular weight is 261 g/mol. The first-order valence-electron chi connectivity index (χ1n) is 6.35. The highest BCUT2D eigenvalue weighted by molar-refractivity contribution is 7.98. The third-order valence-electron chi connectivity index (χ3n) is 2.79. The molecule has 102 valence electrons.